The summed E-state index contributed by atoms with van der Waals surface area (Å²) in [5, 5.41) is 66.3. The molecule has 0 aromatic heterocycles. The smallest absolute Gasteiger partial charge is 0.303 e. The Balaban J connectivity index is 1.49. The summed E-state index contributed by atoms with van der Waals surface area (Å²) in [5.41, 5.74) is 23.7. The maximum Gasteiger partial charge on any atom is 0.303 e. The molecule has 46 heteroatoms. The third kappa shape index (κ3) is 37.3. The number of carbonyl (C=O) groups excluding carboxylic acids is 18. The number of likely N-dealkylation sites (tertiary alicyclic amines) is 3. The molecule has 772 valence electrons. The number of carboxylic acids is 1. The zero-order valence-corrected chi connectivity index (χ0v) is 82.6. The van der Waals surface area contributed by atoms with Gasteiger partial charge in [0.25, 0.3) is 0 Å². The minimum absolute atomic E-state index is 0.00148. The number of fused-ring (bicyclic) bond motifs is 1. The molecule has 138 heavy (non-hydrogen) atoms. The number of nitrogens with two attached hydrogens (primary N) is 4. The molecule has 17 atom stereocenters. The standard InChI is InChI=1S/C92H151N23O21S2/c1-9-11-14-29-60(105-87(132)71-36-25-46-114(71)91(136)74(54(5)6)100-56(8)117)77(122)104-62-40-48-137-138-52-68(84(129)107-64(32-19-21-42-94)89(134)115-47-26-37-72(115)90(135)113-45-24-35-70(113)86(131)101-58(75(95)120)38-39-73(118)119)111-82(127)66(50-57-27-16-13-17-28-57)109-83(128)67(51-116)110-76(121)55(7)99-85(130)69-34-23-44-112(69)88(133)63(31-15-12-10-2)106-79(124)59(30-18-20-41-93)102-78(123)61(33-22-43-98-92(96)97)103-81(126)65(49-53(3)4)108-80(62)125/h13,16-17,27-28,53-55,58-72,74,116H,9-12,14-15,18-26,29-52,93-94H2,1-8H3,(H2,95,120)(H,99,130)(H,100,117)(H,101,131)(H,102,123)(H,103,126)(H,104,122)(H,105,132)(H,106,124)(H,107,129)(H,108,125)(H,109,128)(H,110,121)(H,111,127)(H,118,119)(H4,96,97,98)/t55?,58-,59-,60-,61-,62?,63-,64?,65-,66-,67-,68-,69-,70-,71-,72-,74-/m0/s1. The molecule has 44 nitrogen and oxygen atoms in total. The Morgan fingerprint density at radius 1 is 0.522 bits per heavy atom. The topological polar surface area (TPSA) is 674 Å². The van der Waals surface area contributed by atoms with Crippen molar-refractivity contribution in [1.82, 2.24) is 94.0 Å². The molecule has 3 unspecified atom stereocenters. The highest BCUT2D eigenvalue weighted by molar-refractivity contribution is 8.76. The number of benzene rings is 1. The summed E-state index contributed by atoms with van der Waals surface area (Å²) >= 11 is 0. The van der Waals surface area contributed by atoms with Gasteiger partial charge in [0.1, 0.15) is 103 Å². The Morgan fingerprint density at radius 3 is 1.64 bits per heavy atom. The van der Waals surface area contributed by atoms with Gasteiger partial charge in [-0.15, -0.1) is 0 Å². The number of nitrogens with one attached hydrogen (secondary N) is 15. The number of carbonyl (C=O) groups is 19. The van der Waals surface area contributed by atoms with Gasteiger partial charge in [-0.1, -0.05) is 132 Å². The maximum absolute atomic E-state index is 15.6. The first kappa shape index (κ1) is 116. The van der Waals surface area contributed by atoms with Crippen LogP contribution in [-0.4, -0.2) is 315 Å². The van der Waals surface area contributed by atoms with Crippen LogP contribution in [-0.2, 0) is 97.5 Å². The molecule has 5 heterocycles. The number of hydrogen-bond acceptors (Lipinski definition) is 25. The van der Waals surface area contributed by atoms with Gasteiger partial charge in [0, 0.05) is 64.0 Å². The molecule has 5 fully saturated rings. The van der Waals surface area contributed by atoms with Gasteiger partial charge in [-0.2, -0.15) is 0 Å². The minimum atomic E-state index is -1.83. The van der Waals surface area contributed by atoms with Crippen LogP contribution in [0.5, 0.6) is 0 Å². The average Bonchev–Trinajstić information content (AvgIpc) is 1.60. The fraction of sp³-hybridized carbons (Fsp3) is 0.717. The first-order chi connectivity index (χ1) is 65.8. The molecular formula is C92H151N23O21S2. The quantitative estimate of drug-likeness (QED) is 0.0146. The lowest BCUT2D eigenvalue weighted by Gasteiger charge is -2.33. The third-order valence-electron chi connectivity index (χ3n) is 25.0. The highest BCUT2D eigenvalue weighted by Crippen LogP contribution is 2.30. The van der Waals surface area contributed by atoms with E-state index in [0.717, 1.165) is 21.6 Å². The van der Waals surface area contributed by atoms with Crippen LogP contribution in [0.15, 0.2) is 30.3 Å². The Morgan fingerprint density at radius 2 is 1.04 bits per heavy atom. The van der Waals surface area contributed by atoms with Crippen LogP contribution in [0.25, 0.3) is 0 Å². The van der Waals surface area contributed by atoms with E-state index in [2.05, 4.69) is 74.4 Å². The SMILES string of the molecule is CCCCC[C@H](NC(=O)[C@@H]1CCCN1C(=O)[C@@H](NC(C)=O)C(C)C)C(=O)NC1CCSSC[C@@H](C(=O)NC(CCCCN)C(=O)N2CCC[C@H]2C(=O)N2CCC[C@H]2C(=O)N[C@@H](CCC(=O)O)C(N)=O)NC(=O)[C@H](Cc2ccccc2)NC(=O)[C@H](CO)NC(=O)C(C)NC(=O)[C@@H]2CCCN2C(=O)[C@H](CCCCC)NC(=O)[C@H](CCCCN)NC(=O)[C@H](CCCNC(=N)N)NC(=O)[C@H](CC(C)C)NC1=O. The number of aliphatic hydroxyl groups is 1. The largest absolute Gasteiger partial charge is 0.481 e. The zero-order chi connectivity index (χ0) is 102. The monoisotopic (exact) mass is 1980 g/mol. The molecule has 5 aliphatic heterocycles. The van der Waals surface area contributed by atoms with E-state index in [-0.39, 0.29) is 166 Å². The highest BCUT2D eigenvalue weighted by atomic mass is 33.1. The molecule has 0 spiro atoms. The Labute approximate surface area is 815 Å². The lowest BCUT2D eigenvalue weighted by Crippen LogP contribution is -2.61. The first-order valence-corrected chi connectivity index (χ1v) is 51.3. The number of guanidine groups is 1. The van der Waals surface area contributed by atoms with Gasteiger partial charge in [0.2, 0.25) is 106 Å². The second-order valence-electron chi connectivity index (χ2n) is 36.9. The fourth-order valence-electron chi connectivity index (χ4n) is 17.4. The van der Waals surface area contributed by atoms with E-state index in [9.17, 15) is 63.0 Å². The van der Waals surface area contributed by atoms with Crippen LogP contribution in [0.1, 0.15) is 241 Å². The van der Waals surface area contributed by atoms with Crippen LogP contribution in [0.2, 0.25) is 0 Å². The molecule has 1 aromatic rings. The molecule has 6 rings (SSSR count). The summed E-state index contributed by atoms with van der Waals surface area (Å²) in [4.78, 5) is 281. The molecule has 5 saturated heterocycles. The van der Waals surface area contributed by atoms with E-state index in [1.807, 2.05) is 13.8 Å². The lowest BCUT2D eigenvalue weighted by atomic mass is 10.0. The highest BCUT2D eigenvalue weighted by Gasteiger charge is 2.47. The van der Waals surface area contributed by atoms with Crippen molar-refractivity contribution in [2.24, 2.45) is 34.8 Å². The van der Waals surface area contributed by atoms with Gasteiger partial charge in [-0.25, -0.2) is 0 Å². The van der Waals surface area contributed by atoms with Crippen molar-refractivity contribution >= 4 is 140 Å². The number of aliphatic hydroxyl groups excluding tert-OH is 1. The Kier molecular flexibility index (Phi) is 50.4. The van der Waals surface area contributed by atoms with Crippen LogP contribution < -0.4 is 97.4 Å². The van der Waals surface area contributed by atoms with Crippen molar-refractivity contribution in [3.63, 3.8) is 0 Å². The van der Waals surface area contributed by atoms with E-state index in [1.165, 1.54) is 33.4 Å². The molecule has 18 amide bonds. The van der Waals surface area contributed by atoms with Crippen molar-refractivity contribution in [2.75, 3.05) is 63.9 Å². The van der Waals surface area contributed by atoms with Gasteiger partial charge in [-0.3, -0.25) is 96.5 Å². The van der Waals surface area contributed by atoms with Crippen LogP contribution in [0, 0.1) is 17.2 Å². The number of unbranched alkanes of at least 4 members (excludes halogenated alkanes) is 6. The second-order valence-corrected chi connectivity index (χ2v) is 39.5. The van der Waals surface area contributed by atoms with Crippen molar-refractivity contribution in [2.45, 2.75) is 344 Å². The minimum Gasteiger partial charge on any atom is -0.481 e. The van der Waals surface area contributed by atoms with E-state index >= 15 is 38.4 Å². The second kappa shape index (κ2) is 60.1. The van der Waals surface area contributed by atoms with Crippen LogP contribution in [0.4, 0.5) is 0 Å². The van der Waals surface area contributed by atoms with Gasteiger partial charge in [0.05, 0.1) is 6.61 Å². The molecule has 5 aliphatic rings. The normalized spacial score (nSPS) is 24.3. The summed E-state index contributed by atoms with van der Waals surface area (Å²) in [7, 11) is 1.98. The van der Waals surface area contributed by atoms with Crippen molar-refractivity contribution in [1.29, 1.82) is 5.41 Å². The summed E-state index contributed by atoms with van der Waals surface area (Å²) < 4.78 is 0. The Hall–Kier alpha value is -11.0. The summed E-state index contributed by atoms with van der Waals surface area (Å²) in [6.07, 6.45) is 4.93. The van der Waals surface area contributed by atoms with E-state index in [1.54, 1.807) is 58.0 Å². The van der Waals surface area contributed by atoms with Gasteiger partial charge in [-0.05, 0) is 172 Å². The lowest BCUT2D eigenvalue weighted by molar-refractivity contribution is -0.148. The number of amides is 18. The molecule has 0 radical (unpaired) electrons. The Bertz CT molecular complexity index is 4290. The van der Waals surface area contributed by atoms with Crippen LogP contribution in [0.3, 0.4) is 0 Å². The van der Waals surface area contributed by atoms with Crippen molar-refractivity contribution in [3.05, 3.63) is 35.9 Å². The number of aliphatic carboxylic acids is 1. The molecular weight excluding hydrogens is 1830 g/mol. The molecule has 0 aliphatic carbocycles. The summed E-state index contributed by atoms with van der Waals surface area (Å²) in [6, 6.07) is -15.4. The van der Waals surface area contributed by atoms with E-state index < -0.39 is 240 Å². The fourth-order valence-corrected chi connectivity index (χ4v) is 19.7. The molecule has 0 saturated carbocycles. The van der Waals surface area contributed by atoms with Crippen molar-refractivity contribution in [3.8, 4) is 0 Å². The number of nitrogens with zero attached hydrogens (tertiary/aromatic N) is 4. The average molecular weight is 1980 g/mol. The molecule has 0 bridgehead atoms. The van der Waals surface area contributed by atoms with Gasteiger partial charge >= 0.3 is 5.97 Å². The number of primary amides is 1. The number of rotatable bonds is 42. The van der Waals surface area contributed by atoms with Gasteiger partial charge < -0.3 is 127 Å². The third-order valence-corrected chi connectivity index (χ3v) is 27.5. The van der Waals surface area contributed by atoms with Crippen LogP contribution >= 0.6 is 21.6 Å². The predicted molar refractivity (Wildman–Crippen MR) is 516 cm³/mol. The molecule has 1 aromatic carbocycles. The summed E-state index contributed by atoms with van der Waals surface area (Å²) in [6.45, 7) is 13.0. The number of carboxylic acid groups (broad SMARTS) is 1. The van der Waals surface area contributed by atoms with Gasteiger partial charge in [0.15, 0.2) is 5.96 Å². The van der Waals surface area contributed by atoms with E-state index in [0.29, 0.717) is 82.6 Å². The van der Waals surface area contributed by atoms with E-state index in [4.69, 9.17) is 28.3 Å². The zero-order valence-electron chi connectivity index (χ0n) is 81.0. The molecule has 25 N–H and O–H groups in total. The predicted octanol–water partition coefficient (Wildman–Crippen LogP) is -1.95. The maximum atomic E-state index is 15.6. The first-order valence-electron chi connectivity index (χ1n) is 48.8. The number of hydrogen-bond donors (Lipinski definition) is 21. The summed E-state index contributed by atoms with van der Waals surface area (Å²) in [5.74, 6) is -17.6. The van der Waals surface area contributed by atoms with Crippen molar-refractivity contribution < 1.29 is 101 Å².